The summed E-state index contributed by atoms with van der Waals surface area (Å²) in [5.41, 5.74) is 4.75. The Balaban J connectivity index is 2.00. The van der Waals surface area contributed by atoms with Gasteiger partial charge in [-0.25, -0.2) is 0 Å². The van der Waals surface area contributed by atoms with Gasteiger partial charge in [0.2, 0.25) is 0 Å². The summed E-state index contributed by atoms with van der Waals surface area (Å²) in [6.07, 6.45) is 2.10. The molecule has 4 heteroatoms. The zero-order chi connectivity index (χ0) is 16.6. The zero-order valence-corrected chi connectivity index (χ0v) is 17.1. The van der Waals surface area contributed by atoms with Crippen LogP contribution in [0.25, 0.3) is 5.57 Å². The number of aryl methyl sites for hydroxylation is 2. The molecule has 1 nitrogen and oxygen atoms in total. The summed E-state index contributed by atoms with van der Waals surface area (Å²) < 4.78 is 2.71. The number of alkyl halides is 2. The number of carbonyl (C=O) groups is 1. The number of hydrogen-bond acceptors (Lipinski definition) is 2. The normalized spacial score (nSPS) is 15.9. The summed E-state index contributed by atoms with van der Waals surface area (Å²) in [5, 5.41) is 0.752. The van der Waals surface area contributed by atoms with Crippen molar-refractivity contribution in [3.63, 3.8) is 0 Å². The third-order valence-electron chi connectivity index (χ3n) is 4.27. The molecule has 122 valence electrons. The molecule has 0 atom stereocenters. The first-order valence-electron chi connectivity index (χ1n) is 7.66. The van der Waals surface area contributed by atoms with E-state index in [0.29, 0.717) is 3.79 Å². The quantitative estimate of drug-likeness (QED) is 0.317. The molecule has 0 unspecified atom stereocenters. The van der Waals surface area contributed by atoms with E-state index in [1.54, 1.807) is 6.92 Å². The van der Waals surface area contributed by atoms with Gasteiger partial charge in [0.25, 0.3) is 0 Å². The molecule has 0 fully saturated rings. The van der Waals surface area contributed by atoms with Crippen molar-refractivity contribution in [2.24, 2.45) is 0 Å². The third-order valence-corrected chi connectivity index (χ3v) is 11.6. The molecule has 0 saturated heterocycles. The van der Waals surface area contributed by atoms with Crippen LogP contribution in [0.1, 0.15) is 33.4 Å². The van der Waals surface area contributed by atoms with E-state index in [1.807, 2.05) is 35.6 Å². The fraction of sp³-hybridized carbons (Fsp3) is 0.316. The van der Waals surface area contributed by atoms with Crippen molar-refractivity contribution < 1.29 is 4.79 Å². The number of thiophene rings is 1. The van der Waals surface area contributed by atoms with Gasteiger partial charge in [0.05, 0.1) is 0 Å². The molecule has 1 aromatic carbocycles. The van der Waals surface area contributed by atoms with Crippen LogP contribution in [0.2, 0.25) is 5.02 Å². The number of halogens is 2. The van der Waals surface area contributed by atoms with E-state index in [9.17, 15) is 4.79 Å². The minimum absolute atomic E-state index is 0.479. The van der Waals surface area contributed by atoms with Crippen molar-refractivity contribution >= 4 is 52.1 Å². The molecule has 0 aliphatic carbocycles. The van der Waals surface area contributed by atoms with E-state index >= 15 is 0 Å². The van der Waals surface area contributed by atoms with E-state index in [2.05, 4.69) is 13.5 Å². The van der Waals surface area contributed by atoms with Gasteiger partial charge < -0.3 is 0 Å². The molecule has 1 aliphatic rings. The van der Waals surface area contributed by atoms with Gasteiger partial charge in [-0.1, -0.05) is 0 Å². The predicted molar refractivity (Wildman–Crippen MR) is 110 cm³/mol. The third kappa shape index (κ3) is 3.42. The molecule has 0 radical (unpaired) electrons. The van der Waals surface area contributed by atoms with Crippen LogP contribution < -0.4 is 0 Å². The first-order valence-corrected chi connectivity index (χ1v) is 13.0. The number of benzene rings is 1. The molecule has 0 spiro atoms. The second-order valence-electron chi connectivity index (χ2n) is 5.70. The Bertz CT molecular complexity index is 778. The number of hydrogen-bond donors (Lipinski definition) is 0. The van der Waals surface area contributed by atoms with Gasteiger partial charge in [-0.15, -0.1) is 0 Å². The average Bonchev–Trinajstić information content (AvgIpc) is 2.68. The first kappa shape index (κ1) is 17.2. The van der Waals surface area contributed by atoms with E-state index in [4.69, 9.17) is 11.6 Å². The van der Waals surface area contributed by atoms with E-state index < -0.39 is 19.8 Å². The van der Waals surface area contributed by atoms with Gasteiger partial charge in [-0.05, 0) is 0 Å². The molecule has 0 amide bonds. The molecule has 0 bridgehead atoms. The Kier molecular flexibility index (Phi) is 5.29. The molecule has 3 rings (SSSR count). The zero-order valence-electron chi connectivity index (χ0n) is 13.4. The van der Waals surface area contributed by atoms with Crippen molar-refractivity contribution in [1.82, 2.24) is 0 Å². The van der Waals surface area contributed by atoms with Gasteiger partial charge in [0, 0.05) is 0 Å². The summed E-state index contributed by atoms with van der Waals surface area (Å²) in [6.45, 7) is 8.32. The van der Waals surface area contributed by atoms with Crippen molar-refractivity contribution in [2.75, 3.05) is 8.86 Å². The van der Waals surface area contributed by atoms with Crippen LogP contribution in [0.5, 0.6) is 0 Å². The maximum absolute atomic E-state index is 11.8. The van der Waals surface area contributed by atoms with Gasteiger partial charge in [0.1, 0.15) is 0 Å². The summed E-state index contributed by atoms with van der Waals surface area (Å²) in [7, 11) is 0. The van der Waals surface area contributed by atoms with Crippen LogP contribution in [0, 0.1) is 6.92 Å². The molecule has 1 aromatic heterocycles. The van der Waals surface area contributed by atoms with Gasteiger partial charge >= 0.3 is 155 Å². The molecule has 1 aliphatic heterocycles. The van der Waals surface area contributed by atoms with Crippen molar-refractivity contribution in [1.29, 1.82) is 0 Å². The van der Waals surface area contributed by atoms with E-state index in [-0.39, 0.29) is 0 Å². The number of carbonyl (C=O) groups excluding carboxylic acids is 1. The van der Waals surface area contributed by atoms with Crippen LogP contribution in [-0.4, -0.2) is 12.6 Å². The van der Waals surface area contributed by atoms with Crippen molar-refractivity contribution in [3.05, 3.63) is 62.3 Å². The van der Waals surface area contributed by atoms with Crippen LogP contribution in [-0.2, 0) is 17.6 Å². The topological polar surface area (TPSA) is 17.1 Å². The van der Waals surface area contributed by atoms with Gasteiger partial charge in [-0.2, -0.15) is 0 Å². The van der Waals surface area contributed by atoms with Gasteiger partial charge in [-0.3, -0.25) is 0 Å². The maximum atomic E-state index is 11.8. The van der Waals surface area contributed by atoms with Crippen molar-refractivity contribution in [2.45, 2.75) is 26.7 Å². The summed E-state index contributed by atoms with van der Waals surface area (Å²) >= 11 is 6.84. The number of fused-ring (bicyclic) bond motifs is 1. The fourth-order valence-corrected chi connectivity index (χ4v) is 9.42. The SMILES string of the molecule is C=C(c1ccccc1Cl)c1c(C)sc2c1CCI(C(C)=O)CC2. The first-order chi connectivity index (χ1) is 11.0. The predicted octanol–water partition coefficient (Wildman–Crippen LogP) is 5.92. The minimum atomic E-state index is -1.42. The second kappa shape index (κ2) is 7.08. The number of rotatable bonds is 3. The Labute approximate surface area is 154 Å². The molecular weight excluding hydrogens is 439 g/mol. The average molecular weight is 459 g/mol. The van der Waals surface area contributed by atoms with Crippen LogP contribution in [0.15, 0.2) is 30.8 Å². The molecular formula is C19H20ClIOS. The van der Waals surface area contributed by atoms with Gasteiger partial charge in [0.15, 0.2) is 0 Å². The Morgan fingerprint density at radius 1 is 1.26 bits per heavy atom. The van der Waals surface area contributed by atoms with E-state index in [1.165, 1.54) is 20.9 Å². The van der Waals surface area contributed by atoms with Crippen molar-refractivity contribution in [3.8, 4) is 0 Å². The summed E-state index contributed by atoms with van der Waals surface area (Å²) in [4.78, 5) is 14.6. The Morgan fingerprint density at radius 3 is 2.65 bits per heavy atom. The standard InChI is InChI=1S/C19H20ClIOS/c1-12(15-6-4-5-7-17(15)20)19-13(2)23-18-9-11-21(14(3)22)10-8-16(18)19/h4-7H,1,8-11H2,2-3H3. The fourth-order valence-electron chi connectivity index (χ4n) is 3.12. The molecule has 0 saturated carbocycles. The van der Waals surface area contributed by atoms with Crippen LogP contribution >= 0.6 is 42.8 Å². The molecule has 2 aromatic rings. The van der Waals surface area contributed by atoms with Crippen LogP contribution in [0.3, 0.4) is 0 Å². The summed E-state index contributed by atoms with van der Waals surface area (Å²) in [6, 6.07) is 7.91. The Morgan fingerprint density at radius 2 is 1.96 bits per heavy atom. The van der Waals surface area contributed by atoms with Crippen LogP contribution in [0.4, 0.5) is 0 Å². The molecule has 23 heavy (non-hydrogen) atoms. The second-order valence-corrected chi connectivity index (χ2v) is 13.7. The monoisotopic (exact) mass is 458 g/mol. The molecule has 0 N–H and O–H groups in total. The Hall–Kier alpha value is -0.650. The molecule has 2 heterocycles. The van der Waals surface area contributed by atoms with E-state index in [0.717, 1.165) is 37.9 Å². The summed E-state index contributed by atoms with van der Waals surface area (Å²) in [5.74, 6) is 0.